The molecule has 11 heteroatoms. The Kier molecular flexibility index (Phi) is 28.8. The van der Waals surface area contributed by atoms with Gasteiger partial charge in [-0.15, -0.1) is 6.58 Å². The fraction of sp³-hybridized carbons (Fsp3) is 0.510. The second kappa shape index (κ2) is 31.3. The third-order valence-electron chi connectivity index (χ3n) is 9.61. The number of rotatable bonds is 15. The van der Waals surface area contributed by atoms with Gasteiger partial charge < -0.3 is 25.2 Å². The molecule has 2 aromatic carbocycles. The second-order valence-electron chi connectivity index (χ2n) is 13.7. The summed E-state index contributed by atoms with van der Waals surface area (Å²) in [6, 6.07) is 7.47. The van der Waals surface area contributed by atoms with Crippen LogP contribution in [0.5, 0.6) is 0 Å². The van der Waals surface area contributed by atoms with Gasteiger partial charge in [-0.1, -0.05) is 84.1 Å². The van der Waals surface area contributed by atoms with Gasteiger partial charge in [0.05, 0.1) is 44.2 Å². The number of piperazine rings is 1. The summed E-state index contributed by atoms with van der Waals surface area (Å²) in [4.78, 5) is 23.0. The van der Waals surface area contributed by atoms with Crippen LogP contribution in [0, 0.1) is 17.6 Å². The van der Waals surface area contributed by atoms with Crippen LogP contribution in [0.1, 0.15) is 111 Å². The van der Waals surface area contributed by atoms with Crippen LogP contribution < -0.4 is 15.5 Å². The van der Waals surface area contributed by atoms with E-state index in [2.05, 4.69) is 48.6 Å². The Morgan fingerprint density at radius 3 is 2.13 bits per heavy atom. The number of nitrogens with two attached hydrogens (primary N) is 1. The molecule has 0 radical (unpaired) electrons. The smallest absolute Gasteiger partial charge is 0.217 e. The van der Waals surface area contributed by atoms with Crippen molar-refractivity contribution in [2.24, 2.45) is 16.6 Å². The molecule has 2 heterocycles. The molecule has 1 amide bonds. The lowest BCUT2D eigenvalue weighted by Gasteiger charge is -2.37. The number of benzene rings is 2. The molecule has 336 valence electrons. The van der Waals surface area contributed by atoms with E-state index < -0.39 is 18.5 Å². The zero-order valence-corrected chi connectivity index (χ0v) is 38.7. The van der Waals surface area contributed by atoms with Crippen LogP contribution in [0.4, 0.5) is 28.9 Å². The first-order valence-electron chi connectivity index (χ1n) is 21.4. The Morgan fingerprint density at radius 2 is 1.62 bits per heavy atom. The SMILES string of the molecule is C/C=C(\C=C/CC)C(CCCC(N)=O)C(=NC(C)C1=CN(Cc2ccc(CF)cc2F)c2cc(N3CCN(C)CC3)c(F)cc2/C1=C\CC)OC.C=CC.CC.CC.CF. The molecule has 2 aromatic rings. The zero-order chi connectivity index (χ0) is 45.8. The molecule has 2 aliphatic rings. The van der Waals surface area contributed by atoms with E-state index >= 15 is 8.78 Å². The molecule has 1 fully saturated rings. The zero-order valence-electron chi connectivity index (χ0n) is 38.7. The molecule has 7 nitrogen and oxygen atoms in total. The summed E-state index contributed by atoms with van der Waals surface area (Å²) in [5.74, 6) is -0.877. The van der Waals surface area contributed by atoms with E-state index in [9.17, 15) is 13.6 Å². The maximum atomic E-state index is 16.2. The number of ether oxygens (including phenoxy) is 1. The average molecular weight is 842 g/mol. The molecule has 60 heavy (non-hydrogen) atoms. The summed E-state index contributed by atoms with van der Waals surface area (Å²) < 4.78 is 60.4. The third kappa shape index (κ3) is 16.8. The molecule has 0 aliphatic carbocycles. The monoisotopic (exact) mass is 842 g/mol. The number of nitrogens with zero attached hydrogens (tertiary/aromatic N) is 4. The van der Waals surface area contributed by atoms with Crippen LogP contribution >= 0.6 is 0 Å². The highest BCUT2D eigenvalue weighted by molar-refractivity contribution is 5.93. The summed E-state index contributed by atoms with van der Waals surface area (Å²) >= 11 is 0. The van der Waals surface area contributed by atoms with Gasteiger partial charge in [0.1, 0.15) is 18.3 Å². The van der Waals surface area contributed by atoms with E-state index in [1.165, 1.54) is 6.07 Å². The Hall–Kier alpha value is -4.64. The van der Waals surface area contributed by atoms with Gasteiger partial charge in [-0.25, -0.2) is 18.2 Å². The van der Waals surface area contributed by atoms with Crippen LogP contribution in [0.15, 0.2) is 89.6 Å². The first-order chi connectivity index (χ1) is 29.0. The molecule has 4 rings (SSSR count). The van der Waals surface area contributed by atoms with Crippen molar-refractivity contribution in [3.63, 3.8) is 0 Å². The quantitative estimate of drug-likeness (QED) is 0.0636. The predicted molar refractivity (Wildman–Crippen MR) is 249 cm³/mol. The van der Waals surface area contributed by atoms with E-state index in [-0.39, 0.29) is 36.2 Å². The van der Waals surface area contributed by atoms with Crippen molar-refractivity contribution >= 4 is 28.8 Å². The standard InChI is InChI=1S/C41H54F3N5O2.C3H6.2C2H6.CH3F/c1-7-10-13-30(9-3)32(14-11-15-40(45)50)41(51-6)46-28(4)35-27-49(26-31-17-16-29(25-42)22-36(31)43)38-24-39(48-20-18-47(5)19-21-48)37(44)23-34(38)33(35)12-8-2;1-3-2;3*1-2/h9-10,12-13,16-17,22-24,27-28,32H,7-8,11,14-15,18-21,25-26H2,1-6H3,(H2,45,50);3H,1H2,2H3;2*1-2H3;1H3/b13-10-,30-9+,33-12+,46-41?;;;;. The number of halogens is 4. The summed E-state index contributed by atoms with van der Waals surface area (Å²) in [6.45, 7) is 23.7. The van der Waals surface area contributed by atoms with Gasteiger partial charge in [0.15, 0.2) is 5.90 Å². The highest BCUT2D eigenvalue weighted by atomic mass is 19.1. The Bertz CT molecular complexity index is 1730. The lowest BCUT2D eigenvalue weighted by molar-refractivity contribution is -0.118. The summed E-state index contributed by atoms with van der Waals surface area (Å²) in [6.07, 6.45) is 15.0. The number of anilines is 2. The van der Waals surface area contributed by atoms with Gasteiger partial charge in [0.25, 0.3) is 0 Å². The van der Waals surface area contributed by atoms with Gasteiger partial charge in [0, 0.05) is 55.5 Å². The topological polar surface area (TPSA) is 74.4 Å². The molecule has 0 spiro atoms. The molecule has 2 aliphatic heterocycles. The Morgan fingerprint density at radius 1 is 0.983 bits per heavy atom. The van der Waals surface area contributed by atoms with Crippen LogP contribution in [-0.4, -0.2) is 70.3 Å². The Labute approximate surface area is 360 Å². The van der Waals surface area contributed by atoms with Crippen molar-refractivity contribution in [2.75, 3.05) is 57.3 Å². The first kappa shape index (κ1) is 55.4. The highest BCUT2D eigenvalue weighted by Crippen LogP contribution is 2.43. The van der Waals surface area contributed by atoms with Gasteiger partial charge in [0.2, 0.25) is 5.91 Å². The van der Waals surface area contributed by atoms with Crippen LogP contribution in [0.25, 0.3) is 5.57 Å². The number of primary amides is 1. The average Bonchev–Trinajstić information content (AvgIpc) is 3.26. The maximum absolute atomic E-state index is 16.2. The number of hydrogen-bond acceptors (Lipinski definition) is 6. The van der Waals surface area contributed by atoms with Crippen LogP contribution in [-0.2, 0) is 22.8 Å². The van der Waals surface area contributed by atoms with Gasteiger partial charge in [-0.05, 0) is 88.4 Å². The molecular formula is C49H75F4N5O2. The lowest BCUT2D eigenvalue weighted by Crippen LogP contribution is -2.45. The van der Waals surface area contributed by atoms with Crippen molar-refractivity contribution < 1.29 is 27.1 Å². The molecule has 0 bridgehead atoms. The van der Waals surface area contributed by atoms with Crippen molar-refractivity contribution in [3.8, 4) is 0 Å². The van der Waals surface area contributed by atoms with E-state index in [4.69, 9.17) is 15.5 Å². The largest absolute Gasteiger partial charge is 0.484 e. The normalized spacial score (nSPS) is 15.7. The number of likely N-dealkylation sites (N-methyl/N-ethyl adjacent to an activating group) is 1. The van der Waals surface area contributed by atoms with Crippen molar-refractivity contribution in [1.82, 2.24) is 4.90 Å². The molecule has 1 saturated heterocycles. The summed E-state index contributed by atoms with van der Waals surface area (Å²) in [5, 5.41) is 0. The summed E-state index contributed by atoms with van der Waals surface area (Å²) in [5.41, 5.74) is 10.8. The number of fused-ring (bicyclic) bond motifs is 1. The van der Waals surface area contributed by atoms with E-state index in [1.54, 1.807) is 31.4 Å². The van der Waals surface area contributed by atoms with Gasteiger partial charge >= 0.3 is 0 Å². The molecule has 0 aromatic heterocycles. The van der Waals surface area contributed by atoms with Crippen molar-refractivity contribution in [1.29, 1.82) is 0 Å². The van der Waals surface area contributed by atoms with Crippen LogP contribution in [0.2, 0.25) is 0 Å². The van der Waals surface area contributed by atoms with E-state index in [1.807, 2.05) is 78.6 Å². The number of methoxy groups -OCH3 is 1. The lowest BCUT2D eigenvalue weighted by atomic mass is 9.87. The van der Waals surface area contributed by atoms with Gasteiger partial charge in [-0.3, -0.25) is 9.18 Å². The van der Waals surface area contributed by atoms with Crippen molar-refractivity contribution in [2.45, 2.75) is 114 Å². The third-order valence-corrected chi connectivity index (χ3v) is 9.61. The van der Waals surface area contributed by atoms with E-state index in [0.717, 1.165) is 41.9 Å². The number of amides is 1. The molecule has 2 unspecified atom stereocenters. The number of allylic oxidation sites excluding steroid dienone is 5. The fourth-order valence-corrected chi connectivity index (χ4v) is 6.76. The minimum Gasteiger partial charge on any atom is -0.484 e. The van der Waals surface area contributed by atoms with Crippen molar-refractivity contribution in [3.05, 3.63) is 113 Å². The first-order valence-corrected chi connectivity index (χ1v) is 21.4. The number of carbonyl (C=O) groups excluding carboxylic acids is 1. The maximum Gasteiger partial charge on any atom is 0.217 e. The fourth-order valence-electron chi connectivity index (χ4n) is 6.76. The molecular weight excluding hydrogens is 767 g/mol. The minimum absolute atomic E-state index is 0.149. The Balaban J connectivity index is 0.00000359. The number of aliphatic imine (C=N–C) groups is 1. The van der Waals surface area contributed by atoms with Crippen LogP contribution in [0.3, 0.4) is 0 Å². The highest BCUT2D eigenvalue weighted by Gasteiger charge is 2.30. The number of alkyl halides is 2. The number of hydrogen-bond donors (Lipinski definition) is 1. The summed E-state index contributed by atoms with van der Waals surface area (Å²) in [7, 11) is 4.16. The predicted octanol–water partition coefficient (Wildman–Crippen LogP) is 12.3. The van der Waals surface area contributed by atoms with Gasteiger partial charge in [-0.2, -0.15) is 0 Å². The second-order valence-corrected chi connectivity index (χ2v) is 13.7. The molecule has 0 saturated carbocycles. The molecule has 2 N–H and O–H groups in total. The minimum atomic E-state index is -0.753. The number of carbonyl (C=O) groups is 1. The van der Waals surface area contributed by atoms with E-state index in [0.29, 0.717) is 62.2 Å². The molecule has 2 atom stereocenters.